The molecule has 0 radical (unpaired) electrons. The highest BCUT2D eigenvalue weighted by Crippen LogP contribution is 2.61. The van der Waals surface area contributed by atoms with Gasteiger partial charge in [-0.15, -0.1) is 0 Å². The van der Waals surface area contributed by atoms with Gasteiger partial charge in [0.2, 0.25) is 0 Å². The number of nitrogens with two attached hydrogens (primary N) is 1. The molecule has 3 heterocycles. The standard InChI is InChI=1S/C46H61N7/c47-44-49-30-41(24-34-11-4-1-5-12-34)52(44)32-40-17-10-19-50(40)31-42(25-35-13-6-2-7-14-35)53-33-43(26-36-15-8-3-9-16-36)51(45(53)48)20-18-46-27-37-21-38(28-46)23-39(22-37)29-46/h1-9,11-16,37-43,48H,10,17-33H2,(H2,47,49)/t37?,38?,39?,40?,41-,42-,43-,46?/m0/s1. The van der Waals surface area contributed by atoms with E-state index in [-0.39, 0.29) is 6.04 Å². The van der Waals surface area contributed by atoms with Crippen molar-refractivity contribution >= 4 is 11.9 Å². The maximum Gasteiger partial charge on any atom is 0.194 e. The van der Waals surface area contributed by atoms with E-state index in [9.17, 15) is 5.41 Å². The van der Waals surface area contributed by atoms with E-state index in [2.05, 4.69) is 111 Å². The van der Waals surface area contributed by atoms with Crippen molar-refractivity contribution in [2.75, 3.05) is 39.3 Å². The van der Waals surface area contributed by atoms with Crippen LogP contribution >= 0.6 is 0 Å². The minimum absolute atomic E-state index is 0.234. The number of hydrogen-bond donors (Lipinski definition) is 2. The lowest BCUT2D eigenvalue weighted by Gasteiger charge is -2.57. The van der Waals surface area contributed by atoms with Crippen molar-refractivity contribution in [3.05, 3.63) is 108 Å². The lowest BCUT2D eigenvalue weighted by molar-refractivity contribution is -0.0595. The SMILES string of the molecule is N=C1N(CCC23CC4CC(CC(C4)C2)C3)[C@@H](Cc2ccccc2)CN1[C@@H](Cc1ccccc1)CN1CCCC1CN1C(N)=NC[C@@H]1Cc1ccccc1. The summed E-state index contributed by atoms with van der Waals surface area (Å²) < 4.78 is 0. The molecule has 0 spiro atoms. The van der Waals surface area contributed by atoms with Crippen LogP contribution in [0.1, 0.15) is 74.5 Å². The van der Waals surface area contributed by atoms with Gasteiger partial charge >= 0.3 is 0 Å². The Morgan fingerprint density at radius 2 is 1.32 bits per heavy atom. The third kappa shape index (κ3) is 7.61. The number of rotatable bonds is 14. The molecule has 280 valence electrons. The molecule has 3 aromatic carbocycles. The van der Waals surface area contributed by atoms with E-state index in [4.69, 9.17) is 10.7 Å². The van der Waals surface area contributed by atoms with Crippen LogP contribution in [0.15, 0.2) is 96.0 Å². The number of likely N-dealkylation sites (tertiary alicyclic amines) is 1. The zero-order valence-electron chi connectivity index (χ0n) is 31.7. The molecular formula is C46H61N7. The highest BCUT2D eigenvalue weighted by atomic mass is 15.5. The van der Waals surface area contributed by atoms with Crippen molar-refractivity contribution in [3.8, 4) is 0 Å². The summed E-state index contributed by atoms with van der Waals surface area (Å²) >= 11 is 0. The Kier molecular flexibility index (Phi) is 9.96. The van der Waals surface area contributed by atoms with Gasteiger partial charge in [-0.2, -0.15) is 0 Å². The molecule has 4 saturated carbocycles. The highest BCUT2D eigenvalue weighted by molar-refractivity contribution is 5.80. The average molecular weight is 712 g/mol. The summed E-state index contributed by atoms with van der Waals surface area (Å²) in [6.45, 7) is 5.73. The van der Waals surface area contributed by atoms with Crippen LogP contribution in [0.4, 0.5) is 0 Å². The van der Waals surface area contributed by atoms with Gasteiger partial charge in [0, 0.05) is 38.3 Å². The van der Waals surface area contributed by atoms with Crippen molar-refractivity contribution in [1.82, 2.24) is 19.6 Å². The zero-order valence-corrected chi connectivity index (χ0v) is 31.7. The monoisotopic (exact) mass is 711 g/mol. The molecule has 0 aromatic heterocycles. The number of benzene rings is 3. The Morgan fingerprint density at radius 3 is 1.94 bits per heavy atom. The van der Waals surface area contributed by atoms with Gasteiger partial charge in [0.25, 0.3) is 0 Å². The molecule has 53 heavy (non-hydrogen) atoms. The van der Waals surface area contributed by atoms with Gasteiger partial charge in [-0.25, -0.2) is 0 Å². The Morgan fingerprint density at radius 1 is 0.736 bits per heavy atom. The average Bonchev–Trinajstić information content (AvgIpc) is 3.84. The maximum absolute atomic E-state index is 9.95. The first-order valence-electron chi connectivity index (χ1n) is 21.0. The molecule has 4 aliphatic carbocycles. The van der Waals surface area contributed by atoms with Gasteiger partial charge in [-0.05, 0) is 123 Å². The molecule has 3 N–H and O–H groups in total. The maximum atomic E-state index is 9.95. The minimum Gasteiger partial charge on any atom is -0.370 e. The molecule has 7 aliphatic rings. The fourth-order valence-electron chi connectivity index (χ4n) is 12.3. The largest absolute Gasteiger partial charge is 0.370 e. The van der Waals surface area contributed by atoms with E-state index >= 15 is 0 Å². The van der Waals surface area contributed by atoms with E-state index in [0.717, 1.165) is 82.2 Å². The molecule has 3 aliphatic heterocycles. The molecule has 3 aromatic rings. The quantitative estimate of drug-likeness (QED) is 0.187. The van der Waals surface area contributed by atoms with E-state index in [0.29, 0.717) is 29.5 Å². The van der Waals surface area contributed by atoms with E-state index < -0.39 is 0 Å². The number of guanidine groups is 2. The van der Waals surface area contributed by atoms with Gasteiger partial charge in [0.15, 0.2) is 11.9 Å². The lowest BCUT2D eigenvalue weighted by atomic mass is 9.49. The third-order valence-corrected chi connectivity index (χ3v) is 14.4. The van der Waals surface area contributed by atoms with Gasteiger partial charge in [-0.1, -0.05) is 91.0 Å². The molecule has 2 saturated heterocycles. The number of nitrogens with one attached hydrogen (secondary N) is 1. The Bertz CT molecular complexity index is 1670. The summed E-state index contributed by atoms with van der Waals surface area (Å²) in [4.78, 5) is 15.0. The van der Waals surface area contributed by atoms with Crippen LogP contribution in [-0.4, -0.2) is 95.0 Å². The first-order chi connectivity index (χ1) is 26.0. The molecular weight excluding hydrogens is 651 g/mol. The smallest absolute Gasteiger partial charge is 0.194 e. The van der Waals surface area contributed by atoms with Crippen molar-refractivity contribution in [1.29, 1.82) is 5.41 Å². The second-order valence-electron chi connectivity index (χ2n) is 18.0. The highest BCUT2D eigenvalue weighted by Gasteiger charge is 2.51. The van der Waals surface area contributed by atoms with Crippen LogP contribution in [0.5, 0.6) is 0 Å². The van der Waals surface area contributed by atoms with Crippen LogP contribution in [0, 0.1) is 28.6 Å². The van der Waals surface area contributed by atoms with Gasteiger partial charge in [0.1, 0.15) is 0 Å². The van der Waals surface area contributed by atoms with Gasteiger partial charge < -0.3 is 20.4 Å². The summed E-state index contributed by atoms with van der Waals surface area (Å²) in [5, 5.41) is 9.95. The number of nitrogens with zero attached hydrogens (tertiary/aromatic N) is 5. The van der Waals surface area contributed by atoms with E-state index in [1.54, 1.807) is 0 Å². The molecule has 0 amide bonds. The zero-order chi connectivity index (χ0) is 35.8. The van der Waals surface area contributed by atoms with Crippen LogP contribution < -0.4 is 5.73 Å². The third-order valence-electron chi connectivity index (χ3n) is 14.4. The second-order valence-corrected chi connectivity index (χ2v) is 18.0. The van der Waals surface area contributed by atoms with Crippen LogP contribution in [0.2, 0.25) is 0 Å². The summed E-state index contributed by atoms with van der Waals surface area (Å²) in [7, 11) is 0. The Labute approximate surface area is 318 Å². The van der Waals surface area contributed by atoms with Crippen molar-refractivity contribution < 1.29 is 0 Å². The predicted molar refractivity (Wildman–Crippen MR) is 216 cm³/mol. The van der Waals surface area contributed by atoms with Crippen LogP contribution in [0.3, 0.4) is 0 Å². The van der Waals surface area contributed by atoms with Gasteiger partial charge in [-0.3, -0.25) is 15.3 Å². The lowest BCUT2D eigenvalue weighted by Crippen LogP contribution is -2.52. The number of hydrogen-bond acceptors (Lipinski definition) is 5. The van der Waals surface area contributed by atoms with Gasteiger partial charge in [0.05, 0.1) is 18.6 Å². The Balaban J connectivity index is 0.942. The first-order valence-corrected chi connectivity index (χ1v) is 21.0. The first kappa shape index (κ1) is 34.9. The topological polar surface area (TPSA) is 75.2 Å². The second kappa shape index (κ2) is 15.1. The minimum atomic E-state index is 0.234. The van der Waals surface area contributed by atoms with Crippen LogP contribution in [-0.2, 0) is 19.3 Å². The normalized spacial score (nSPS) is 31.5. The summed E-state index contributed by atoms with van der Waals surface area (Å²) in [5.74, 6) is 4.38. The molecule has 1 unspecified atom stereocenters. The molecule has 4 bridgehead atoms. The molecule has 7 nitrogen and oxygen atoms in total. The fourth-order valence-corrected chi connectivity index (χ4v) is 12.3. The summed E-state index contributed by atoms with van der Waals surface area (Å²) in [6.07, 6.45) is 15.4. The van der Waals surface area contributed by atoms with Crippen molar-refractivity contribution in [2.45, 2.75) is 101 Å². The van der Waals surface area contributed by atoms with Crippen molar-refractivity contribution in [2.24, 2.45) is 33.9 Å². The molecule has 6 fully saturated rings. The molecule has 4 atom stereocenters. The van der Waals surface area contributed by atoms with E-state index in [1.807, 2.05) is 0 Å². The predicted octanol–water partition coefficient (Wildman–Crippen LogP) is 7.07. The summed E-state index contributed by atoms with van der Waals surface area (Å²) in [6, 6.07) is 34.3. The number of aliphatic imine (C=N–C) groups is 1. The van der Waals surface area contributed by atoms with Crippen LogP contribution in [0.25, 0.3) is 0 Å². The van der Waals surface area contributed by atoms with Crippen molar-refractivity contribution in [3.63, 3.8) is 0 Å². The van der Waals surface area contributed by atoms with E-state index in [1.165, 1.54) is 74.5 Å². The molecule has 7 heteroatoms. The summed E-state index contributed by atoms with van der Waals surface area (Å²) in [5.41, 5.74) is 11.2. The molecule has 10 rings (SSSR count). The Hall–Kier alpha value is -3.84. The fraction of sp³-hybridized carbons (Fsp3) is 0.565.